The third-order valence-electron chi connectivity index (χ3n) is 21.0. The Morgan fingerprint density at radius 2 is 0.614 bits per heavy atom. The summed E-state index contributed by atoms with van der Waals surface area (Å²) in [6, 6.07) is 26.6. The second-order valence-corrected chi connectivity index (χ2v) is 29.8. The molecule has 4 saturated heterocycles. The molecule has 580 valence electrons. The second kappa shape index (κ2) is 30.6. The summed E-state index contributed by atoms with van der Waals surface area (Å²) < 4.78 is 13.9. The highest BCUT2D eigenvalue weighted by molar-refractivity contribution is 5.70. The van der Waals surface area contributed by atoms with Crippen molar-refractivity contribution < 1.29 is 0 Å². The minimum absolute atomic E-state index is 0.111. The van der Waals surface area contributed by atoms with Gasteiger partial charge in [-0.15, -0.1) is 0 Å². The number of pyridine rings is 4. The van der Waals surface area contributed by atoms with Crippen LogP contribution in [0.4, 0.5) is 22.7 Å². The second-order valence-electron chi connectivity index (χ2n) is 29.8. The molecule has 0 unspecified atom stereocenters. The lowest BCUT2D eigenvalue weighted by Gasteiger charge is -2.33. The summed E-state index contributed by atoms with van der Waals surface area (Å²) in [5, 5.41) is 22.8. The number of anilines is 4. The first-order valence-electron chi connectivity index (χ1n) is 38.5. The third kappa shape index (κ3) is 15.1. The SMILES string of the molecule is Cc1cn2cc(-c3cc(=O)n4cc(N5CCNCC5)ccc4n3)nc2c(C)n1.Cc1cn2cc(-c3cc(=O)n4cc(N5CCN[C@@H](C)C5)ccc4n3)nc2c(C)n1.Cc1cn2nc(-c3cc(=O)n4cc(N5CCNCC5)ccc4n3)cc2c(C)n1.Cc1cn2nc(-c3cc(=O)n4cc(N5CCN[C@@H](C)C5)ccc4n3)cc2c(C)n1. The Balaban J connectivity index is 0.000000110. The van der Waals surface area contributed by atoms with Crippen molar-refractivity contribution in [3.63, 3.8) is 0 Å². The average Bonchev–Trinajstić information content (AvgIpc) is 1.62. The number of piperazine rings is 4. The highest BCUT2D eigenvalue weighted by atomic mass is 16.1. The summed E-state index contributed by atoms with van der Waals surface area (Å²) in [6.45, 7) is 32.9. The number of nitrogens with zero attached hydrogens (tertiary/aromatic N) is 24. The summed E-state index contributed by atoms with van der Waals surface area (Å²) in [5.74, 6) is 0. The molecular weight excluding hydrogens is 1440 g/mol. The van der Waals surface area contributed by atoms with Gasteiger partial charge in [-0.3, -0.25) is 56.7 Å². The molecule has 4 N–H and O–H groups in total. The van der Waals surface area contributed by atoms with Crippen molar-refractivity contribution in [2.45, 2.75) is 81.3 Å². The molecule has 0 aliphatic carbocycles. The zero-order valence-electron chi connectivity index (χ0n) is 65.3. The molecule has 20 rings (SSSR count). The lowest BCUT2D eigenvalue weighted by Crippen LogP contribution is -2.49. The Labute approximate surface area is 653 Å². The van der Waals surface area contributed by atoms with Gasteiger partial charge in [0.25, 0.3) is 22.2 Å². The molecule has 32 nitrogen and oxygen atoms in total. The molecule has 0 spiro atoms. The molecule has 16 aromatic rings. The van der Waals surface area contributed by atoms with E-state index in [9.17, 15) is 19.2 Å². The van der Waals surface area contributed by atoms with Gasteiger partial charge in [0, 0.05) is 178 Å². The van der Waals surface area contributed by atoms with Gasteiger partial charge in [0.05, 0.1) is 115 Å². The molecule has 0 bridgehead atoms. The summed E-state index contributed by atoms with van der Waals surface area (Å²) in [7, 11) is 0. The normalized spacial score (nSPS) is 16.1. The van der Waals surface area contributed by atoms with E-state index in [2.05, 4.69) is 105 Å². The monoisotopic (exact) mass is 1530 g/mol. The van der Waals surface area contributed by atoms with Crippen LogP contribution in [-0.2, 0) is 0 Å². The minimum atomic E-state index is -0.113. The van der Waals surface area contributed by atoms with Crippen LogP contribution in [0.5, 0.6) is 0 Å². The molecule has 2 atom stereocenters. The molecule has 4 aliphatic rings. The number of imidazole rings is 2. The Kier molecular flexibility index (Phi) is 19.8. The third-order valence-corrected chi connectivity index (χ3v) is 21.0. The number of fused-ring (bicyclic) bond motifs is 8. The molecule has 114 heavy (non-hydrogen) atoms. The van der Waals surface area contributed by atoms with Crippen LogP contribution < -0.4 is 63.1 Å². The van der Waals surface area contributed by atoms with Crippen LogP contribution in [0.3, 0.4) is 0 Å². The van der Waals surface area contributed by atoms with Crippen molar-refractivity contribution in [3.8, 4) is 45.6 Å². The van der Waals surface area contributed by atoms with E-state index in [-0.39, 0.29) is 22.2 Å². The van der Waals surface area contributed by atoms with E-state index >= 15 is 0 Å². The van der Waals surface area contributed by atoms with E-state index in [1.165, 1.54) is 0 Å². The first-order chi connectivity index (χ1) is 55.1. The van der Waals surface area contributed by atoms with Crippen LogP contribution in [0, 0.1) is 55.4 Å². The highest BCUT2D eigenvalue weighted by Gasteiger charge is 2.23. The van der Waals surface area contributed by atoms with Crippen LogP contribution in [-0.4, -0.2) is 199 Å². The minimum Gasteiger partial charge on any atom is -0.368 e. The lowest BCUT2D eigenvalue weighted by molar-refractivity contribution is 0.484. The molecule has 0 radical (unpaired) electrons. The summed E-state index contributed by atoms with van der Waals surface area (Å²) in [4.78, 5) is 106. The van der Waals surface area contributed by atoms with Gasteiger partial charge >= 0.3 is 0 Å². The first kappa shape index (κ1) is 73.7. The highest BCUT2D eigenvalue weighted by Crippen LogP contribution is 2.27. The first-order valence-corrected chi connectivity index (χ1v) is 38.5. The zero-order chi connectivity index (χ0) is 78.7. The fourth-order valence-corrected chi connectivity index (χ4v) is 15.5. The topological polar surface area (TPSA) is 319 Å². The molecule has 4 aliphatic heterocycles. The standard InChI is InChI=1S/2C21H23N7O.2C20H21N7O/c1-13-10-26(7-6-22-13)16-4-5-20-24-17(9-21(29)27(20)12-16)18-8-19-15(3)23-14(2)11-28(19)25-18;1-13-9-26(7-6-22-13)16-4-5-19-24-17(8-20(29)28(19)11-16)18-12-27-10-14(2)23-15(3)21(27)25-18;1-13-11-27-18(14(2)22-13)9-17(24-27)16-10-20(28)26-12-15(3-4-19(26)23-16)25-7-5-21-6-8-25;1-13-10-26-12-17(24-20(26)14(2)22-13)16-9-19(28)27-11-15(3-4-18(27)23-16)25-7-5-21-6-8-25/h4-5,8-9,11-13,22H,6-7,10H2,1-3H3;4-5,8,10-13,22H,6-7,9H2,1-3H3;2*3-4,9-12,21H,5-8H2,1-2H3/t2*13-;;/m00../s1. The van der Waals surface area contributed by atoms with Gasteiger partial charge < -0.3 is 49.7 Å². The smallest absolute Gasteiger partial charge is 0.258 e. The average molecular weight is 1530 g/mol. The van der Waals surface area contributed by atoms with Crippen molar-refractivity contribution in [1.29, 1.82) is 0 Å². The fourth-order valence-electron chi connectivity index (χ4n) is 15.5. The predicted octanol–water partition coefficient (Wildman–Crippen LogP) is 6.50. The molecule has 0 aromatic carbocycles. The molecule has 20 heterocycles. The van der Waals surface area contributed by atoms with Gasteiger partial charge in [0.2, 0.25) is 0 Å². The molecule has 4 fully saturated rings. The molecule has 0 saturated carbocycles. The van der Waals surface area contributed by atoms with Crippen LogP contribution in [0.15, 0.2) is 166 Å². The van der Waals surface area contributed by atoms with Crippen molar-refractivity contribution in [2.24, 2.45) is 0 Å². The Hall–Kier alpha value is -13.0. The van der Waals surface area contributed by atoms with E-state index in [4.69, 9.17) is 9.97 Å². The Bertz CT molecular complexity index is 6280. The van der Waals surface area contributed by atoms with Crippen LogP contribution in [0.1, 0.15) is 59.4 Å². The van der Waals surface area contributed by atoms with Gasteiger partial charge in [-0.25, -0.2) is 38.9 Å². The van der Waals surface area contributed by atoms with Crippen molar-refractivity contribution in [2.75, 3.05) is 111 Å². The number of rotatable bonds is 8. The zero-order valence-corrected chi connectivity index (χ0v) is 65.3. The summed E-state index contributed by atoms with van der Waals surface area (Å²) in [6.07, 6.45) is 18.9. The van der Waals surface area contributed by atoms with E-state index in [1.807, 2.05) is 187 Å². The Morgan fingerprint density at radius 1 is 0.307 bits per heavy atom. The number of aryl methyl sites for hydroxylation is 8. The summed E-state index contributed by atoms with van der Waals surface area (Å²) >= 11 is 0. The largest absolute Gasteiger partial charge is 0.368 e. The maximum atomic E-state index is 12.9. The Morgan fingerprint density at radius 3 is 0.956 bits per heavy atom. The van der Waals surface area contributed by atoms with Crippen LogP contribution >= 0.6 is 0 Å². The van der Waals surface area contributed by atoms with E-state index in [0.29, 0.717) is 80.2 Å². The van der Waals surface area contributed by atoms with Gasteiger partial charge in [-0.1, -0.05) is 0 Å². The van der Waals surface area contributed by atoms with Gasteiger partial charge in [0.15, 0.2) is 11.3 Å². The maximum absolute atomic E-state index is 12.9. The van der Waals surface area contributed by atoms with E-state index in [1.54, 1.807) is 50.9 Å². The van der Waals surface area contributed by atoms with Crippen molar-refractivity contribution in [3.05, 3.63) is 234 Å². The number of nitrogens with one attached hydrogen (secondary N) is 4. The number of aromatic nitrogens is 20. The van der Waals surface area contributed by atoms with E-state index < -0.39 is 0 Å². The number of hydrogen-bond acceptors (Lipinski definition) is 24. The van der Waals surface area contributed by atoms with Crippen LogP contribution in [0.25, 0.3) is 90.5 Å². The van der Waals surface area contributed by atoms with Crippen molar-refractivity contribution in [1.82, 2.24) is 117 Å². The summed E-state index contributed by atoms with van der Waals surface area (Å²) in [5.41, 5.74) is 21.6. The maximum Gasteiger partial charge on any atom is 0.258 e. The molecule has 0 amide bonds. The quantitative estimate of drug-likeness (QED) is 0.126. The number of hydrogen-bond donors (Lipinski definition) is 4. The van der Waals surface area contributed by atoms with Crippen molar-refractivity contribution >= 4 is 67.7 Å². The predicted molar refractivity (Wildman–Crippen MR) is 441 cm³/mol. The fraction of sp³-hybridized carbons (Fsp3) is 0.317. The molecule has 32 heteroatoms. The molecule has 16 aromatic heterocycles. The van der Waals surface area contributed by atoms with Gasteiger partial charge in [0.1, 0.15) is 45.4 Å². The lowest BCUT2D eigenvalue weighted by atomic mass is 10.2. The van der Waals surface area contributed by atoms with Crippen LogP contribution in [0.2, 0.25) is 0 Å². The van der Waals surface area contributed by atoms with Gasteiger partial charge in [-0.05, 0) is 130 Å². The van der Waals surface area contributed by atoms with Gasteiger partial charge in [-0.2, -0.15) is 10.2 Å². The van der Waals surface area contributed by atoms with E-state index in [0.717, 1.165) is 182 Å². The molecular formula is C82H88N28O4.